The zero-order valence-electron chi connectivity index (χ0n) is 19.8. The van der Waals surface area contributed by atoms with Crippen molar-refractivity contribution >= 4 is 75.4 Å². The first-order valence-electron chi connectivity index (χ1n) is 10.9. The molecule has 0 saturated carbocycles. The van der Waals surface area contributed by atoms with E-state index in [1.165, 1.54) is 18.2 Å². The minimum absolute atomic E-state index is 0.0191. The molecule has 214 valence electrons. The summed E-state index contributed by atoms with van der Waals surface area (Å²) < 4.78 is 82.5. The number of carbonyl (C=O) groups is 2. The third-order valence-electron chi connectivity index (χ3n) is 5.03. The molecule has 0 spiro atoms. The summed E-state index contributed by atoms with van der Waals surface area (Å²) >= 11 is 17.4. The van der Waals surface area contributed by atoms with Crippen LogP contribution in [-0.4, -0.2) is 35.6 Å². The fraction of sp³-hybridized carbons (Fsp3) is 0.0833. The molecule has 0 unspecified atom stereocenters. The van der Waals surface area contributed by atoms with Crippen molar-refractivity contribution in [2.24, 2.45) is 4.99 Å². The van der Waals surface area contributed by atoms with E-state index in [1.807, 2.05) is 0 Å². The summed E-state index contributed by atoms with van der Waals surface area (Å²) in [7, 11) is 0. The molecular formula is C24H12Cl2F6N4O4S. The number of thiocarbonyl (C=S) groups is 1. The summed E-state index contributed by atoms with van der Waals surface area (Å²) in [4.78, 5) is 31.6. The Labute approximate surface area is 241 Å². The van der Waals surface area contributed by atoms with Crippen LogP contribution in [0.25, 0.3) is 0 Å². The highest BCUT2D eigenvalue weighted by molar-refractivity contribution is 7.82. The number of ether oxygens (including phenoxy) is 2. The Morgan fingerprint density at radius 2 is 1.29 bits per heavy atom. The molecule has 0 aromatic heterocycles. The molecule has 1 fully saturated rings. The molecule has 3 aromatic carbocycles. The molecule has 1 heterocycles. The predicted octanol–water partition coefficient (Wildman–Crippen LogP) is 8.20. The lowest BCUT2D eigenvalue weighted by atomic mass is 10.3. The molecule has 0 atom stereocenters. The van der Waals surface area contributed by atoms with E-state index in [0.717, 1.165) is 58.3 Å². The van der Waals surface area contributed by atoms with Gasteiger partial charge < -0.3 is 14.8 Å². The van der Waals surface area contributed by atoms with E-state index in [4.69, 9.17) is 35.4 Å². The van der Waals surface area contributed by atoms with E-state index >= 15 is 0 Å². The van der Waals surface area contributed by atoms with Crippen molar-refractivity contribution in [3.8, 4) is 11.5 Å². The Hall–Kier alpha value is -4.08. The Balaban J connectivity index is 1.67. The number of carbonyl (C=O) groups excluding carboxylic acids is 2. The quantitative estimate of drug-likeness (QED) is 0.225. The number of hydrogen-bond acceptors (Lipinski definition) is 5. The Morgan fingerprint density at radius 1 is 0.780 bits per heavy atom. The first kappa shape index (κ1) is 29.9. The lowest BCUT2D eigenvalue weighted by Gasteiger charge is -2.18. The molecule has 1 aliphatic rings. The van der Waals surface area contributed by atoms with Gasteiger partial charge in [-0.15, -0.1) is 26.3 Å². The normalized spacial score (nSPS) is 15.0. The number of amides is 4. The first-order valence-corrected chi connectivity index (χ1v) is 12.0. The smallest absolute Gasteiger partial charge is 0.406 e. The zero-order valence-corrected chi connectivity index (χ0v) is 22.1. The molecule has 41 heavy (non-hydrogen) atoms. The van der Waals surface area contributed by atoms with Crippen molar-refractivity contribution in [1.29, 1.82) is 0 Å². The Bertz CT molecular complexity index is 1530. The minimum atomic E-state index is -4.96. The van der Waals surface area contributed by atoms with Crippen molar-refractivity contribution in [3.63, 3.8) is 0 Å². The number of alkyl halides is 6. The third-order valence-corrected chi connectivity index (χ3v) is 6.13. The number of amidine groups is 1. The highest BCUT2D eigenvalue weighted by Crippen LogP contribution is 2.34. The van der Waals surface area contributed by atoms with Crippen molar-refractivity contribution in [2.75, 3.05) is 15.1 Å². The largest absolute Gasteiger partial charge is 0.573 e. The van der Waals surface area contributed by atoms with Gasteiger partial charge in [-0.05, 0) is 66.7 Å². The SMILES string of the molecule is O=C(/N=C1/C(=S)N(c2ccc(Cl)c(Cl)c2)C(=O)N1c1ccc(OC(F)(F)F)cc1)Nc1ccc(OC(F)(F)F)cc1. The molecular weight excluding hydrogens is 625 g/mol. The van der Waals surface area contributed by atoms with Gasteiger partial charge in [0.1, 0.15) is 11.5 Å². The van der Waals surface area contributed by atoms with Gasteiger partial charge in [-0.3, -0.25) is 0 Å². The van der Waals surface area contributed by atoms with Crippen molar-refractivity contribution in [2.45, 2.75) is 12.7 Å². The second-order valence-corrected chi connectivity index (χ2v) is 9.04. The van der Waals surface area contributed by atoms with E-state index in [1.54, 1.807) is 0 Å². The van der Waals surface area contributed by atoms with Crippen LogP contribution >= 0.6 is 35.4 Å². The van der Waals surface area contributed by atoms with Crippen molar-refractivity contribution in [3.05, 3.63) is 76.8 Å². The summed E-state index contributed by atoms with van der Waals surface area (Å²) in [5, 5.41) is 2.55. The maximum absolute atomic E-state index is 13.5. The summed E-state index contributed by atoms with van der Waals surface area (Å²) in [6, 6.07) is 10.3. The second-order valence-electron chi connectivity index (χ2n) is 7.84. The highest BCUT2D eigenvalue weighted by atomic mass is 35.5. The van der Waals surface area contributed by atoms with Gasteiger partial charge in [-0.1, -0.05) is 35.4 Å². The van der Waals surface area contributed by atoms with Gasteiger partial charge in [0.05, 0.1) is 21.4 Å². The molecule has 3 aromatic rings. The van der Waals surface area contributed by atoms with Crippen LogP contribution in [0.4, 0.5) is 53.0 Å². The van der Waals surface area contributed by atoms with Crippen LogP contribution in [0.15, 0.2) is 71.7 Å². The Kier molecular flexibility index (Phi) is 8.33. The summed E-state index contributed by atoms with van der Waals surface area (Å²) in [6.45, 7) is 0. The molecule has 0 aliphatic carbocycles. The van der Waals surface area contributed by atoms with Gasteiger partial charge >= 0.3 is 24.8 Å². The third kappa shape index (κ3) is 7.36. The monoisotopic (exact) mass is 636 g/mol. The van der Waals surface area contributed by atoms with Gasteiger partial charge in [0.25, 0.3) is 0 Å². The van der Waals surface area contributed by atoms with Crippen molar-refractivity contribution < 1.29 is 45.4 Å². The van der Waals surface area contributed by atoms with E-state index in [-0.39, 0.29) is 32.1 Å². The van der Waals surface area contributed by atoms with Crippen LogP contribution in [0.5, 0.6) is 11.5 Å². The molecule has 4 amide bonds. The Morgan fingerprint density at radius 3 is 1.80 bits per heavy atom. The van der Waals surface area contributed by atoms with Gasteiger partial charge in [-0.25, -0.2) is 19.4 Å². The van der Waals surface area contributed by atoms with Crippen LogP contribution in [0.3, 0.4) is 0 Å². The van der Waals surface area contributed by atoms with Crippen LogP contribution in [0.1, 0.15) is 0 Å². The molecule has 1 N–H and O–H groups in total. The number of nitrogens with zero attached hydrogens (tertiary/aromatic N) is 3. The van der Waals surface area contributed by atoms with Gasteiger partial charge in [0.15, 0.2) is 10.8 Å². The first-order chi connectivity index (χ1) is 19.1. The number of anilines is 3. The van der Waals surface area contributed by atoms with Crippen molar-refractivity contribution in [1.82, 2.24) is 0 Å². The number of nitrogens with one attached hydrogen (secondary N) is 1. The minimum Gasteiger partial charge on any atom is -0.406 e. The lowest BCUT2D eigenvalue weighted by molar-refractivity contribution is -0.275. The van der Waals surface area contributed by atoms with Crippen LogP contribution in [-0.2, 0) is 0 Å². The van der Waals surface area contributed by atoms with Gasteiger partial charge in [0.2, 0.25) is 0 Å². The van der Waals surface area contributed by atoms with Crippen LogP contribution in [0.2, 0.25) is 10.0 Å². The summed E-state index contributed by atoms with van der Waals surface area (Å²) in [5.41, 5.74) is 0.127. The van der Waals surface area contributed by atoms with E-state index < -0.39 is 42.1 Å². The molecule has 0 radical (unpaired) electrons. The number of rotatable bonds is 5. The van der Waals surface area contributed by atoms with E-state index in [9.17, 15) is 35.9 Å². The molecule has 4 rings (SSSR count). The number of benzene rings is 3. The molecule has 8 nitrogen and oxygen atoms in total. The molecule has 1 saturated heterocycles. The molecule has 1 aliphatic heterocycles. The predicted molar refractivity (Wildman–Crippen MR) is 142 cm³/mol. The number of halogens is 8. The average molecular weight is 637 g/mol. The average Bonchev–Trinajstić information content (AvgIpc) is 3.10. The topological polar surface area (TPSA) is 83.5 Å². The standard InChI is InChI=1S/C24H12Cl2F6N4O4S/c25-17-10-5-14(11-18(17)26)36-20(41)19(34-21(37)33-12-1-6-15(7-2-12)39-23(27,28)29)35(22(36)38)13-3-8-16(9-4-13)40-24(30,31)32/h1-11H,(H,33,37)/b34-19-. The maximum atomic E-state index is 13.5. The molecule has 17 heteroatoms. The van der Waals surface area contributed by atoms with E-state index in [2.05, 4.69) is 19.8 Å². The van der Waals surface area contributed by atoms with E-state index in [0.29, 0.717) is 0 Å². The zero-order chi connectivity index (χ0) is 30.1. The molecule has 0 bridgehead atoms. The number of aliphatic imine (C=N–C) groups is 1. The number of hydrogen-bond donors (Lipinski definition) is 1. The lowest BCUT2D eigenvalue weighted by Crippen LogP contribution is -2.33. The summed E-state index contributed by atoms with van der Waals surface area (Å²) in [5.74, 6) is -1.51. The second kappa shape index (κ2) is 11.4. The fourth-order valence-electron chi connectivity index (χ4n) is 3.44. The van der Waals surface area contributed by atoms with Crippen LogP contribution in [0, 0.1) is 0 Å². The highest BCUT2D eigenvalue weighted by Gasteiger charge is 2.42. The summed E-state index contributed by atoms with van der Waals surface area (Å²) in [6.07, 6.45) is -9.87. The van der Waals surface area contributed by atoms with Crippen LogP contribution < -0.4 is 24.6 Å². The van der Waals surface area contributed by atoms with Gasteiger partial charge in [-0.2, -0.15) is 4.99 Å². The fourth-order valence-corrected chi connectivity index (χ4v) is 4.05. The maximum Gasteiger partial charge on any atom is 0.573 e. The van der Waals surface area contributed by atoms with Gasteiger partial charge in [0, 0.05) is 5.69 Å². The number of urea groups is 2.